The molecule has 17 heavy (non-hydrogen) atoms. The van der Waals surface area contributed by atoms with Crippen LogP contribution in [0.2, 0.25) is 0 Å². The number of benzene rings is 1. The fourth-order valence-electron chi connectivity index (χ4n) is 2.45. The molecule has 1 aliphatic heterocycles. The first-order valence-electron chi connectivity index (χ1n) is 5.84. The third-order valence-corrected chi connectivity index (χ3v) is 3.33. The van der Waals surface area contributed by atoms with E-state index >= 15 is 0 Å². The Kier molecular flexibility index (Phi) is 3.43. The van der Waals surface area contributed by atoms with E-state index in [0.29, 0.717) is 5.56 Å². The maximum Gasteiger partial charge on any atom is 0.338 e. The lowest BCUT2D eigenvalue weighted by Crippen LogP contribution is -2.29. The molecule has 1 fully saturated rings. The molecule has 1 atom stereocenters. The maximum atomic E-state index is 14.2. The number of carbonyl (C=O) groups is 1. The Balaban J connectivity index is 2.43. The summed E-state index contributed by atoms with van der Waals surface area (Å²) >= 11 is 0. The van der Waals surface area contributed by atoms with Crippen LogP contribution in [0.5, 0.6) is 0 Å². The van der Waals surface area contributed by atoms with Crippen molar-refractivity contribution < 1.29 is 14.3 Å². The van der Waals surface area contributed by atoms with Gasteiger partial charge >= 0.3 is 5.97 Å². The lowest BCUT2D eigenvalue weighted by molar-refractivity contribution is 0.0691. The van der Waals surface area contributed by atoms with Gasteiger partial charge in [0.15, 0.2) is 0 Å². The SMILES string of the molecule is Cc1ccc(C(=O)O)c(F)c1[C@H]1CCCNC1. The summed E-state index contributed by atoms with van der Waals surface area (Å²) in [6, 6.07) is 3.03. The molecule has 0 aromatic heterocycles. The van der Waals surface area contributed by atoms with E-state index in [1.54, 1.807) is 6.07 Å². The summed E-state index contributed by atoms with van der Waals surface area (Å²) in [6.45, 7) is 3.51. The summed E-state index contributed by atoms with van der Waals surface area (Å²) in [5.41, 5.74) is 1.18. The molecule has 92 valence electrons. The molecule has 0 bridgehead atoms. The van der Waals surface area contributed by atoms with Crippen molar-refractivity contribution in [3.05, 3.63) is 34.6 Å². The maximum absolute atomic E-state index is 14.2. The zero-order valence-corrected chi connectivity index (χ0v) is 9.79. The topological polar surface area (TPSA) is 49.3 Å². The summed E-state index contributed by atoms with van der Waals surface area (Å²) in [6.07, 6.45) is 1.91. The van der Waals surface area contributed by atoms with E-state index in [1.807, 2.05) is 6.92 Å². The zero-order valence-electron chi connectivity index (χ0n) is 9.79. The second-order valence-corrected chi connectivity index (χ2v) is 4.51. The highest BCUT2D eigenvalue weighted by atomic mass is 19.1. The van der Waals surface area contributed by atoms with Crippen LogP contribution in [0.4, 0.5) is 4.39 Å². The van der Waals surface area contributed by atoms with E-state index in [2.05, 4.69) is 5.32 Å². The number of carboxylic acids is 1. The van der Waals surface area contributed by atoms with Gasteiger partial charge in [-0.2, -0.15) is 0 Å². The van der Waals surface area contributed by atoms with E-state index in [-0.39, 0.29) is 11.5 Å². The highest BCUT2D eigenvalue weighted by Crippen LogP contribution is 2.30. The lowest BCUT2D eigenvalue weighted by atomic mass is 9.87. The fourth-order valence-corrected chi connectivity index (χ4v) is 2.45. The molecule has 0 aliphatic carbocycles. The smallest absolute Gasteiger partial charge is 0.338 e. The quantitative estimate of drug-likeness (QED) is 0.829. The first-order chi connectivity index (χ1) is 8.11. The number of aryl methyl sites for hydroxylation is 1. The summed E-state index contributed by atoms with van der Waals surface area (Å²) in [7, 11) is 0. The second-order valence-electron chi connectivity index (χ2n) is 4.51. The minimum Gasteiger partial charge on any atom is -0.478 e. The normalized spacial score (nSPS) is 20.2. The summed E-state index contributed by atoms with van der Waals surface area (Å²) in [5, 5.41) is 12.1. The lowest BCUT2D eigenvalue weighted by Gasteiger charge is -2.25. The van der Waals surface area contributed by atoms with Gasteiger partial charge in [0.1, 0.15) is 5.82 Å². The van der Waals surface area contributed by atoms with Crippen LogP contribution in [0.1, 0.15) is 40.2 Å². The van der Waals surface area contributed by atoms with Gasteiger partial charge in [-0.05, 0) is 49.4 Å². The molecule has 2 N–H and O–H groups in total. The van der Waals surface area contributed by atoms with E-state index in [4.69, 9.17) is 5.11 Å². The van der Waals surface area contributed by atoms with Gasteiger partial charge < -0.3 is 10.4 Å². The Hall–Kier alpha value is -1.42. The molecule has 1 heterocycles. The summed E-state index contributed by atoms with van der Waals surface area (Å²) in [4.78, 5) is 10.9. The molecule has 4 heteroatoms. The molecule has 0 spiro atoms. The van der Waals surface area contributed by atoms with Gasteiger partial charge in [-0.15, -0.1) is 0 Å². The fraction of sp³-hybridized carbons (Fsp3) is 0.462. The van der Waals surface area contributed by atoms with Crippen molar-refractivity contribution in [2.24, 2.45) is 0 Å². The monoisotopic (exact) mass is 237 g/mol. The van der Waals surface area contributed by atoms with Gasteiger partial charge in [0.05, 0.1) is 5.56 Å². The van der Waals surface area contributed by atoms with Gasteiger partial charge in [0.25, 0.3) is 0 Å². The van der Waals surface area contributed by atoms with Crippen LogP contribution in [-0.2, 0) is 0 Å². The molecule has 1 saturated heterocycles. The van der Waals surface area contributed by atoms with Crippen molar-refractivity contribution in [3.8, 4) is 0 Å². The van der Waals surface area contributed by atoms with Crippen molar-refractivity contribution in [1.82, 2.24) is 5.32 Å². The average molecular weight is 237 g/mol. The van der Waals surface area contributed by atoms with E-state index in [0.717, 1.165) is 31.5 Å². The van der Waals surface area contributed by atoms with E-state index in [9.17, 15) is 9.18 Å². The summed E-state index contributed by atoms with van der Waals surface area (Å²) in [5.74, 6) is -1.68. The average Bonchev–Trinajstić information content (AvgIpc) is 2.30. The molecule has 2 rings (SSSR count). The third kappa shape index (κ3) is 2.31. The number of aromatic carboxylic acids is 1. The van der Waals surface area contributed by atoms with Crippen LogP contribution in [0.15, 0.2) is 12.1 Å². The van der Waals surface area contributed by atoms with Crippen molar-refractivity contribution >= 4 is 5.97 Å². The number of hydrogen-bond donors (Lipinski definition) is 2. The molecule has 1 aromatic rings. The number of carboxylic acid groups (broad SMARTS) is 1. The number of rotatable bonds is 2. The molecule has 0 radical (unpaired) electrons. The minimum absolute atomic E-state index is 0.0862. The molecule has 0 unspecified atom stereocenters. The van der Waals surface area contributed by atoms with E-state index in [1.165, 1.54) is 6.07 Å². The van der Waals surface area contributed by atoms with Gasteiger partial charge in [0.2, 0.25) is 0 Å². The largest absolute Gasteiger partial charge is 0.478 e. The summed E-state index contributed by atoms with van der Waals surface area (Å²) < 4.78 is 14.2. The first kappa shape index (κ1) is 12.0. The van der Waals surface area contributed by atoms with Crippen LogP contribution >= 0.6 is 0 Å². The Morgan fingerprint density at radius 3 is 2.88 bits per heavy atom. The second kappa shape index (κ2) is 4.84. The van der Waals surface area contributed by atoms with Gasteiger partial charge in [-0.25, -0.2) is 9.18 Å². The van der Waals surface area contributed by atoms with Gasteiger partial charge in [-0.1, -0.05) is 6.07 Å². The molecule has 1 aliphatic rings. The minimum atomic E-state index is -1.20. The van der Waals surface area contributed by atoms with Crippen molar-refractivity contribution in [2.75, 3.05) is 13.1 Å². The number of nitrogens with one attached hydrogen (secondary N) is 1. The molecule has 0 amide bonds. The zero-order chi connectivity index (χ0) is 12.4. The Bertz CT molecular complexity index is 439. The Morgan fingerprint density at radius 1 is 1.53 bits per heavy atom. The predicted octanol–water partition coefficient (Wildman–Crippen LogP) is 2.30. The Labute approximate surface area is 99.7 Å². The Morgan fingerprint density at radius 2 is 2.29 bits per heavy atom. The molecule has 3 nitrogen and oxygen atoms in total. The molecule has 1 aromatic carbocycles. The third-order valence-electron chi connectivity index (χ3n) is 3.33. The van der Waals surface area contributed by atoms with Gasteiger partial charge in [-0.3, -0.25) is 0 Å². The standard InChI is InChI=1S/C13H16FNO2/c1-8-4-5-10(13(16)17)12(14)11(8)9-3-2-6-15-7-9/h4-5,9,15H,2-3,6-7H2,1H3,(H,16,17)/t9-/m0/s1. The highest BCUT2D eigenvalue weighted by molar-refractivity contribution is 5.88. The van der Waals surface area contributed by atoms with Crippen LogP contribution in [0.3, 0.4) is 0 Å². The molecular weight excluding hydrogens is 221 g/mol. The van der Waals surface area contributed by atoms with Crippen molar-refractivity contribution in [1.29, 1.82) is 0 Å². The molecule has 0 saturated carbocycles. The van der Waals surface area contributed by atoms with Crippen molar-refractivity contribution in [2.45, 2.75) is 25.7 Å². The van der Waals surface area contributed by atoms with Crippen LogP contribution in [0, 0.1) is 12.7 Å². The van der Waals surface area contributed by atoms with E-state index < -0.39 is 11.8 Å². The van der Waals surface area contributed by atoms with Crippen LogP contribution < -0.4 is 5.32 Å². The number of hydrogen-bond acceptors (Lipinski definition) is 2. The van der Waals surface area contributed by atoms with Crippen LogP contribution in [-0.4, -0.2) is 24.2 Å². The van der Waals surface area contributed by atoms with Gasteiger partial charge in [0, 0.05) is 6.54 Å². The van der Waals surface area contributed by atoms with Crippen LogP contribution in [0.25, 0.3) is 0 Å². The van der Waals surface area contributed by atoms with Crippen molar-refractivity contribution in [3.63, 3.8) is 0 Å². The first-order valence-corrected chi connectivity index (χ1v) is 5.84. The molecular formula is C13H16FNO2. The number of piperidine rings is 1. The predicted molar refractivity (Wildman–Crippen MR) is 62.9 cm³/mol. The highest BCUT2D eigenvalue weighted by Gasteiger charge is 2.24. The number of halogens is 1.